The lowest BCUT2D eigenvalue weighted by Crippen LogP contribution is -2.41. The summed E-state index contributed by atoms with van der Waals surface area (Å²) in [5.41, 5.74) is 1.25. The SMILES string of the molecule is CCNC(=NCCCc1ccc(OC)c(OCC)c1)N(C)CC1CCOC1.I. The predicted molar refractivity (Wildman–Crippen MR) is 125 cm³/mol. The lowest BCUT2D eigenvalue weighted by Gasteiger charge is -2.24. The van der Waals surface area contributed by atoms with E-state index in [1.54, 1.807) is 7.11 Å². The second-order valence-corrected chi connectivity index (χ2v) is 6.87. The summed E-state index contributed by atoms with van der Waals surface area (Å²) in [4.78, 5) is 7.02. The normalized spacial score (nSPS) is 16.4. The molecule has 2 rings (SSSR count). The maximum Gasteiger partial charge on any atom is 0.193 e. The highest BCUT2D eigenvalue weighted by Crippen LogP contribution is 2.28. The van der Waals surface area contributed by atoms with E-state index in [9.17, 15) is 0 Å². The zero-order valence-corrected chi connectivity index (χ0v) is 20.0. The van der Waals surface area contributed by atoms with Crippen LogP contribution in [0.25, 0.3) is 0 Å². The van der Waals surface area contributed by atoms with Crippen molar-refractivity contribution in [2.45, 2.75) is 33.1 Å². The number of benzene rings is 1. The third-order valence-electron chi connectivity index (χ3n) is 4.67. The molecule has 1 unspecified atom stereocenters. The first kappa shape index (κ1) is 24.8. The van der Waals surface area contributed by atoms with E-state index in [0.29, 0.717) is 12.5 Å². The van der Waals surface area contributed by atoms with Crippen LogP contribution in [0, 0.1) is 5.92 Å². The van der Waals surface area contributed by atoms with Gasteiger partial charge in [-0.1, -0.05) is 6.07 Å². The topological polar surface area (TPSA) is 55.3 Å². The van der Waals surface area contributed by atoms with E-state index in [4.69, 9.17) is 19.2 Å². The Balaban J connectivity index is 0.00000392. The molecule has 28 heavy (non-hydrogen) atoms. The molecule has 160 valence electrons. The maximum absolute atomic E-state index is 5.66. The predicted octanol–water partition coefficient (Wildman–Crippen LogP) is 3.58. The van der Waals surface area contributed by atoms with Gasteiger partial charge in [-0.05, 0) is 50.8 Å². The van der Waals surface area contributed by atoms with Crippen molar-refractivity contribution < 1.29 is 14.2 Å². The molecule has 0 aliphatic carbocycles. The molecule has 1 aromatic rings. The minimum atomic E-state index is 0. The summed E-state index contributed by atoms with van der Waals surface area (Å²) < 4.78 is 16.5. The number of ether oxygens (including phenoxy) is 3. The van der Waals surface area contributed by atoms with Gasteiger partial charge in [0.05, 0.1) is 20.3 Å². The van der Waals surface area contributed by atoms with E-state index in [-0.39, 0.29) is 24.0 Å². The van der Waals surface area contributed by atoms with Crippen molar-refractivity contribution in [3.8, 4) is 11.5 Å². The van der Waals surface area contributed by atoms with Crippen molar-refractivity contribution in [3.63, 3.8) is 0 Å². The maximum atomic E-state index is 5.66. The highest BCUT2D eigenvalue weighted by molar-refractivity contribution is 14.0. The summed E-state index contributed by atoms with van der Waals surface area (Å²) in [7, 11) is 3.78. The number of methoxy groups -OCH3 is 1. The number of halogens is 1. The van der Waals surface area contributed by atoms with Crippen LogP contribution in [0.15, 0.2) is 23.2 Å². The summed E-state index contributed by atoms with van der Waals surface area (Å²) in [6.45, 7) is 9.13. The Morgan fingerprint density at radius 3 is 2.79 bits per heavy atom. The van der Waals surface area contributed by atoms with Crippen molar-refractivity contribution >= 4 is 29.9 Å². The summed E-state index contributed by atoms with van der Waals surface area (Å²) in [5, 5.41) is 3.39. The zero-order chi connectivity index (χ0) is 19.5. The average molecular weight is 505 g/mol. The van der Waals surface area contributed by atoms with Gasteiger partial charge in [0.1, 0.15) is 0 Å². The zero-order valence-electron chi connectivity index (χ0n) is 17.7. The Labute approximate surface area is 187 Å². The van der Waals surface area contributed by atoms with Crippen LogP contribution >= 0.6 is 24.0 Å². The van der Waals surface area contributed by atoms with Crippen LogP contribution in [0.1, 0.15) is 32.3 Å². The van der Waals surface area contributed by atoms with Crippen LogP contribution in [0.3, 0.4) is 0 Å². The van der Waals surface area contributed by atoms with Gasteiger partial charge >= 0.3 is 0 Å². The molecule has 0 saturated carbocycles. The molecule has 0 bridgehead atoms. The van der Waals surface area contributed by atoms with Gasteiger partial charge in [-0.3, -0.25) is 4.99 Å². The minimum Gasteiger partial charge on any atom is -0.493 e. The van der Waals surface area contributed by atoms with E-state index in [2.05, 4.69) is 36.3 Å². The minimum absolute atomic E-state index is 0. The fraction of sp³-hybridized carbons (Fsp3) is 0.667. The number of aryl methyl sites for hydroxylation is 1. The van der Waals surface area contributed by atoms with Crippen LogP contribution in [-0.2, 0) is 11.2 Å². The van der Waals surface area contributed by atoms with E-state index < -0.39 is 0 Å². The van der Waals surface area contributed by atoms with Gasteiger partial charge < -0.3 is 24.4 Å². The number of hydrogen-bond acceptors (Lipinski definition) is 4. The third-order valence-corrected chi connectivity index (χ3v) is 4.67. The molecule has 1 aromatic carbocycles. The lowest BCUT2D eigenvalue weighted by molar-refractivity contribution is 0.181. The Hall–Kier alpha value is -1.22. The number of aliphatic imine (C=N–C) groups is 1. The number of nitrogens with one attached hydrogen (secondary N) is 1. The van der Waals surface area contributed by atoms with Gasteiger partial charge in [0.25, 0.3) is 0 Å². The van der Waals surface area contributed by atoms with Crippen molar-refractivity contribution in [1.82, 2.24) is 10.2 Å². The van der Waals surface area contributed by atoms with E-state index in [1.807, 2.05) is 13.0 Å². The first-order valence-electron chi connectivity index (χ1n) is 10.0. The largest absolute Gasteiger partial charge is 0.493 e. The number of hydrogen-bond donors (Lipinski definition) is 1. The summed E-state index contributed by atoms with van der Waals surface area (Å²) in [6.07, 6.45) is 3.10. The van der Waals surface area contributed by atoms with E-state index in [1.165, 1.54) is 5.56 Å². The second kappa shape index (κ2) is 13.9. The van der Waals surface area contributed by atoms with E-state index in [0.717, 1.165) is 69.6 Å². The Morgan fingerprint density at radius 2 is 2.14 bits per heavy atom. The molecule has 1 aliphatic heterocycles. The van der Waals surface area contributed by atoms with Crippen molar-refractivity contribution in [3.05, 3.63) is 23.8 Å². The molecule has 6 nitrogen and oxygen atoms in total. The molecule has 1 fully saturated rings. The highest BCUT2D eigenvalue weighted by Gasteiger charge is 2.18. The molecule has 1 atom stereocenters. The Bertz CT molecular complexity index is 592. The Morgan fingerprint density at radius 1 is 1.32 bits per heavy atom. The molecule has 0 aromatic heterocycles. The quantitative estimate of drug-likeness (QED) is 0.228. The van der Waals surface area contributed by atoms with Crippen LogP contribution in [0.2, 0.25) is 0 Å². The molecular weight excluding hydrogens is 469 g/mol. The molecule has 0 amide bonds. The second-order valence-electron chi connectivity index (χ2n) is 6.87. The van der Waals surface area contributed by atoms with Gasteiger partial charge in [-0.25, -0.2) is 0 Å². The number of guanidine groups is 1. The third kappa shape index (κ3) is 8.03. The molecule has 7 heteroatoms. The highest BCUT2D eigenvalue weighted by atomic mass is 127. The molecule has 0 radical (unpaired) electrons. The van der Waals surface area contributed by atoms with Gasteiger partial charge in [-0.15, -0.1) is 24.0 Å². The lowest BCUT2D eigenvalue weighted by atomic mass is 10.1. The van der Waals surface area contributed by atoms with Crippen LogP contribution < -0.4 is 14.8 Å². The summed E-state index contributed by atoms with van der Waals surface area (Å²) in [5.74, 6) is 3.18. The van der Waals surface area contributed by atoms with Crippen LogP contribution in [-0.4, -0.2) is 64.5 Å². The molecule has 1 aliphatic rings. The van der Waals surface area contributed by atoms with Gasteiger partial charge in [0.2, 0.25) is 0 Å². The van der Waals surface area contributed by atoms with Crippen molar-refractivity contribution in [2.24, 2.45) is 10.9 Å². The fourth-order valence-corrected chi connectivity index (χ4v) is 3.28. The monoisotopic (exact) mass is 505 g/mol. The average Bonchev–Trinajstić information content (AvgIpc) is 3.17. The smallest absolute Gasteiger partial charge is 0.193 e. The van der Waals surface area contributed by atoms with Crippen LogP contribution in [0.4, 0.5) is 0 Å². The van der Waals surface area contributed by atoms with E-state index >= 15 is 0 Å². The first-order chi connectivity index (χ1) is 13.2. The Kier molecular flexibility index (Phi) is 12.3. The van der Waals surface area contributed by atoms with Crippen LogP contribution in [0.5, 0.6) is 11.5 Å². The summed E-state index contributed by atoms with van der Waals surface area (Å²) in [6, 6.07) is 6.15. The van der Waals surface area contributed by atoms with Crippen molar-refractivity contribution in [1.29, 1.82) is 0 Å². The molecule has 1 heterocycles. The fourth-order valence-electron chi connectivity index (χ4n) is 3.28. The van der Waals surface area contributed by atoms with Gasteiger partial charge in [-0.2, -0.15) is 0 Å². The van der Waals surface area contributed by atoms with Gasteiger partial charge in [0.15, 0.2) is 17.5 Å². The standard InChI is InChI=1S/C21H35N3O3.HI/c1-5-22-21(24(3)15-18-11-13-26-16-18)23-12-7-8-17-9-10-19(25-4)20(14-17)27-6-2;/h9-10,14,18H,5-8,11-13,15-16H2,1-4H3,(H,22,23);1H. The van der Waals surface area contributed by atoms with Crippen molar-refractivity contribution in [2.75, 3.05) is 53.6 Å². The number of nitrogens with zero attached hydrogens (tertiary/aromatic N) is 2. The molecule has 0 spiro atoms. The molecule has 1 N–H and O–H groups in total. The summed E-state index contributed by atoms with van der Waals surface area (Å²) >= 11 is 0. The molecular formula is C21H36IN3O3. The van der Waals surface area contributed by atoms with Gasteiger partial charge in [0, 0.05) is 39.2 Å². The molecule has 1 saturated heterocycles. The number of rotatable bonds is 10. The first-order valence-corrected chi connectivity index (χ1v) is 10.0.